The Kier molecular flexibility index (Phi) is 2.38. The molecule has 0 aliphatic rings. The zero-order valence-corrected chi connectivity index (χ0v) is 10.3. The van der Waals surface area contributed by atoms with E-state index in [1.54, 1.807) is 16.0 Å². The van der Waals surface area contributed by atoms with Crippen LogP contribution in [0.3, 0.4) is 0 Å². The molecule has 2 heterocycles. The van der Waals surface area contributed by atoms with Crippen molar-refractivity contribution in [3.63, 3.8) is 0 Å². The highest BCUT2D eigenvalue weighted by Gasteiger charge is 2.18. The number of rotatable bonds is 1. The van der Waals surface area contributed by atoms with Crippen LogP contribution in [0.2, 0.25) is 0 Å². The number of hydrogen-bond acceptors (Lipinski definition) is 3. The third-order valence-corrected chi connectivity index (χ3v) is 3.41. The summed E-state index contributed by atoms with van der Waals surface area (Å²) in [5.74, 6) is 0. The van der Waals surface area contributed by atoms with Crippen molar-refractivity contribution in [2.75, 3.05) is 0 Å². The van der Waals surface area contributed by atoms with E-state index >= 15 is 0 Å². The Bertz CT molecular complexity index is 462. The van der Waals surface area contributed by atoms with Gasteiger partial charge in [0, 0.05) is 29.6 Å². The smallest absolute Gasteiger partial charge is 0.0986 e. The van der Waals surface area contributed by atoms with Gasteiger partial charge in [0.15, 0.2) is 0 Å². The summed E-state index contributed by atoms with van der Waals surface area (Å²) in [6.45, 7) is 6.54. The van der Waals surface area contributed by atoms with Crippen molar-refractivity contribution < 1.29 is 0 Å². The lowest BCUT2D eigenvalue weighted by Crippen LogP contribution is -2.10. The van der Waals surface area contributed by atoms with Crippen LogP contribution in [0.1, 0.15) is 25.8 Å². The Morgan fingerprint density at radius 2 is 2.07 bits per heavy atom. The summed E-state index contributed by atoms with van der Waals surface area (Å²) in [4.78, 5) is 4.63. The second-order valence-corrected chi connectivity index (χ2v) is 5.55. The van der Waals surface area contributed by atoms with E-state index in [0.717, 1.165) is 11.3 Å². The highest BCUT2D eigenvalue weighted by molar-refractivity contribution is 7.10. The molecule has 0 radical (unpaired) electrons. The van der Waals surface area contributed by atoms with Crippen molar-refractivity contribution in [3.05, 3.63) is 22.8 Å². The van der Waals surface area contributed by atoms with Crippen LogP contribution < -0.4 is 0 Å². The summed E-state index contributed by atoms with van der Waals surface area (Å²) in [5.41, 5.74) is 2.24. The van der Waals surface area contributed by atoms with Gasteiger partial charge in [-0.2, -0.15) is 5.10 Å². The molecule has 0 aliphatic carbocycles. The Labute approximate surface area is 93.8 Å². The first-order valence-corrected chi connectivity index (χ1v) is 5.80. The molecule has 2 aromatic rings. The fraction of sp³-hybridized carbons (Fsp3) is 0.455. The molecule has 0 unspecified atom stereocenters. The predicted octanol–water partition coefficient (Wildman–Crippen LogP) is 2.84. The fourth-order valence-corrected chi connectivity index (χ4v) is 2.22. The van der Waals surface area contributed by atoms with Crippen molar-refractivity contribution in [2.45, 2.75) is 26.2 Å². The van der Waals surface area contributed by atoms with Crippen LogP contribution in [0, 0.1) is 0 Å². The largest absolute Gasteiger partial charge is 0.275 e. The molecule has 0 amide bonds. The van der Waals surface area contributed by atoms with E-state index in [2.05, 4.69) is 36.2 Å². The van der Waals surface area contributed by atoms with Gasteiger partial charge in [-0.1, -0.05) is 20.8 Å². The molecule has 15 heavy (non-hydrogen) atoms. The summed E-state index contributed by atoms with van der Waals surface area (Å²) in [7, 11) is 1.92. The third kappa shape index (κ3) is 2.09. The zero-order chi connectivity index (χ0) is 11.1. The molecule has 0 bridgehead atoms. The monoisotopic (exact) mass is 221 g/mol. The molecule has 0 spiro atoms. The van der Waals surface area contributed by atoms with E-state index in [-0.39, 0.29) is 5.41 Å². The van der Waals surface area contributed by atoms with E-state index in [1.807, 2.05) is 19.4 Å². The number of aromatic nitrogens is 3. The molecule has 4 heteroatoms. The van der Waals surface area contributed by atoms with Crippen LogP contribution in [0.4, 0.5) is 0 Å². The van der Waals surface area contributed by atoms with Gasteiger partial charge in [-0.3, -0.25) is 4.68 Å². The highest BCUT2D eigenvalue weighted by Crippen LogP contribution is 2.29. The standard InChI is InChI=1S/C11H15N3S/c1-11(2,3)10-13-9(7-15-10)8-5-12-14(4)6-8/h5-7H,1-4H3. The highest BCUT2D eigenvalue weighted by atomic mass is 32.1. The lowest BCUT2D eigenvalue weighted by atomic mass is 9.98. The normalized spacial score (nSPS) is 12.0. The van der Waals surface area contributed by atoms with Gasteiger partial charge >= 0.3 is 0 Å². The first kappa shape index (κ1) is 10.4. The topological polar surface area (TPSA) is 30.7 Å². The minimum absolute atomic E-state index is 0.130. The van der Waals surface area contributed by atoms with Gasteiger partial charge in [-0.05, 0) is 0 Å². The average Bonchev–Trinajstić information content (AvgIpc) is 2.69. The van der Waals surface area contributed by atoms with Crippen LogP contribution in [-0.4, -0.2) is 14.8 Å². The van der Waals surface area contributed by atoms with Crippen LogP contribution >= 0.6 is 11.3 Å². The van der Waals surface area contributed by atoms with Gasteiger partial charge < -0.3 is 0 Å². The number of aryl methyl sites for hydroxylation is 1. The van der Waals surface area contributed by atoms with Gasteiger partial charge in [0.05, 0.1) is 16.9 Å². The molecule has 0 aliphatic heterocycles. The third-order valence-electron chi connectivity index (χ3n) is 2.15. The molecule has 0 saturated heterocycles. The Morgan fingerprint density at radius 3 is 2.53 bits per heavy atom. The summed E-state index contributed by atoms with van der Waals surface area (Å²) < 4.78 is 1.80. The summed E-state index contributed by atoms with van der Waals surface area (Å²) in [6, 6.07) is 0. The van der Waals surface area contributed by atoms with Crippen LogP contribution in [0.15, 0.2) is 17.8 Å². The molecule has 2 aromatic heterocycles. The molecule has 0 fully saturated rings. The molecule has 0 aromatic carbocycles. The SMILES string of the molecule is Cn1cc(-c2csc(C(C)(C)C)n2)cn1. The van der Waals surface area contributed by atoms with Crippen molar-refractivity contribution in [1.82, 2.24) is 14.8 Å². The van der Waals surface area contributed by atoms with E-state index < -0.39 is 0 Å². The van der Waals surface area contributed by atoms with Crippen molar-refractivity contribution >= 4 is 11.3 Å². The van der Waals surface area contributed by atoms with E-state index in [4.69, 9.17) is 0 Å². The van der Waals surface area contributed by atoms with Gasteiger partial charge in [0.25, 0.3) is 0 Å². The van der Waals surface area contributed by atoms with Crippen LogP contribution in [0.5, 0.6) is 0 Å². The van der Waals surface area contributed by atoms with E-state index in [0.29, 0.717) is 0 Å². The zero-order valence-electron chi connectivity index (χ0n) is 9.48. The first-order chi connectivity index (χ1) is 6.97. The quantitative estimate of drug-likeness (QED) is 0.741. The van der Waals surface area contributed by atoms with Crippen molar-refractivity contribution in [3.8, 4) is 11.3 Å². The number of thiazole rings is 1. The molecule has 0 atom stereocenters. The molecule has 80 valence electrons. The molecule has 0 N–H and O–H groups in total. The van der Waals surface area contributed by atoms with Gasteiger partial charge in [-0.25, -0.2) is 4.98 Å². The van der Waals surface area contributed by atoms with Gasteiger partial charge in [0.1, 0.15) is 0 Å². The Morgan fingerprint density at radius 1 is 1.33 bits per heavy atom. The lowest BCUT2D eigenvalue weighted by Gasteiger charge is -2.13. The average molecular weight is 221 g/mol. The summed E-state index contributed by atoms with van der Waals surface area (Å²) in [6.07, 6.45) is 3.84. The van der Waals surface area contributed by atoms with E-state index in [9.17, 15) is 0 Å². The van der Waals surface area contributed by atoms with Crippen LogP contribution in [0.25, 0.3) is 11.3 Å². The number of nitrogens with zero attached hydrogens (tertiary/aromatic N) is 3. The molecule has 0 saturated carbocycles. The summed E-state index contributed by atoms with van der Waals surface area (Å²) >= 11 is 1.71. The minimum Gasteiger partial charge on any atom is -0.275 e. The second kappa shape index (κ2) is 3.45. The summed E-state index contributed by atoms with van der Waals surface area (Å²) in [5, 5.41) is 7.41. The Hall–Kier alpha value is -1.16. The molecular formula is C11H15N3S. The molecule has 2 rings (SSSR count). The fourth-order valence-electron chi connectivity index (χ4n) is 1.30. The second-order valence-electron chi connectivity index (χ2n) is 4.69. The molecule has 3 nitrogen and oxygen atoms in total. The lowest BCUT2D eigenvalue weighted by molar-refractivity contribution is 0.586. The predicted molar refractivity (Wildman–Crippen MR) is 63.0 cm³/mol. The minimum atomic E-state index is 0.130. The Balaban J connectivity index is 2.36. The van der Waals surface area contributed by atoms with Gasteiger partial charge in [-0.15, -0.1) is 11.3 Å². The maximum atomic E-state index is 4.63. The van der Waals surface area contributed by atoms with E-state index in [1.165, 1.54) is 5.01 Å². The number of hydrogen-bond donors (Lipinski definition) is 0. The first-order valence-electron chi connectivity index (χ1n) is 4.92. The molecular weight excluding hydrogens is 206 g/mol. The van der Waals surface area contributed by atoms with Crippen molar-refractivity contribution in [1.29, 1.82) is 0 Å². The van der Waals surface area contributed by atoms with Gasteiger partial charge in [0.2, 0.25) is 0 Å². The van der Waals surface area contributed by atoms with Crippen LogP contribution in [-0.2, 0) is 12.5 Å². The van der Waals surface area contributed by atoms with Crippen molar-refractivity contribution in [2.24, 2.45) is 7.05 Å². The maximum absolute atomic E-state index is 4.63. The maximum Gasteiger partial charge on any atom is 0.0986 e.